The minimum absolute atomic E-state index is 0.555. The van der Waals surface area contributed by atoms with Gasteiger partial charge in [-0.1, -0.05) is 20.8 Å². The Balaban J connectivity index is 2.30. The lowest BCUT2D eigenvalue weighted by molar-refractivity contribution is 0.472. The van der Waals surface area contributed by atoms with E-state index in [4.69, 9.17) is 0 Å². The van der Waals surface area contributed by atoms with E-state index in [0.717, 1.165) is 18.7 Å². The first-order valence-corrected chi connectivity index (χ1v) is 5.16. The summed E-state index contributed by atoms with van der Waals surface area (Å²) in [6.07, 6.45) is 6.29. The largest absolute Gasteiger partial charge is 0.314 e. The van der Waals surface area contributed by atoms with Crippen molar-refractivity contribution in [2.45, 2.75) is 33.2 Å². The first-order valence-electron chi connectivity index (χ1n) is 5.16. The molecule has 0 aliphatic carbocycles. The van der Waals surface area contributed by atoms with Crippen molar-refractivity contribution in [1.82, 2.24) is 15.3 Å². The van der Waals surface area contributed by atoms with Crippen LogP contribution in [0.1, 0.15) is 26.5 Å². The van der Waals surface area contributed by atoms with E-state index in [2.05, 4.69) is 36.1 Å². The molecule has 14 heavy (non-hydrogen) atoms. The van der Waals surface area contributed by atoms with Gasteiger partial charge in [-0.25, -0.2) is 0 Å². The molecule has 0 saturated heterocycles. The average molecular weight is 193 g/mol. The normalized spacial score (nSPS) is 13.1. The lowest BCUT2D eigenvalue weighted by Gasteiger charge is -2.13. The van der Waals surface area contributed by atoms with Gasteiger partial charge < -0.3 is 5.32 Å². The predicted molar refractivity (Wildman–Crippen MR) is 58.0 cm³/mol. The quantitative estimate of drug-likeness (QED) is 0.772. The SMILES string of the molecule is CC(CNC(C)C)Cc1cnccn1. The van der Waals surface area contributed by atoms with Gasteiger partial charge in [0.1, 0.15) is 0 Å². The predicted octanol–water partition coefficient (Wildman–Crippen LogP) is 1.65. The average Bonchev–Trinajstić information content (AvgIpc) is 2.16. The second kappa shape index (κ2) is 5.70. The van der Waals surface area contributed by atoms with Crippen LogP contribution < -0.4 is 5.32 Å². The van der Waals surface area contributed by atoms with Gasteiger partial charge in [-0.05, 0) is 18.9 Å². The Labute approximate surface area is 86.0 Å². The van der Waals surface area contributed by atoms with Gasteiger partial charge >= 0.3 is 0 Å². The molecule has 1 rings (SSSR count). The van der Waals surface area contributed by atoms with Gasteiger partial charge in [0.15, 0.2) is 0 Å². The van der Waals surface area contributed by atoms with Gasteiger partial charge in [0.2, 0.25) is 0 Å². The molecular formula is C11H19N3. The van der Waals surface area contributed by atoms with Gasteiger partial charge in [0, 0.05) is 24.6 Å². The smallest absolute Gasteiger partial charge is 0.0589 e. The first kappa shape index (κ1) is 11.1. The van der Waals surface area contributed by atoms with Crippen molar-refractivity contribution in [3.05, 3.63) is 24.3 Å². The van der Waals surface area contributed by atoms with Gasteiger partial charge in [0.05, 0.1) is 5.69 Å². The van der Waals surface area contributed by atoms with Crippen LogP contribution in [0.2, 0.25) is 0 Å². The third kappa shape index (κ3) is 4.33. The summed E-state index contributed by atoms with van der Waals surface area (Å²) in [7, 11) is 0. The van der Waals surface area contributed by atoms with E-state index in [9.17, 15) is 0 Å². The number of nitrogens with one attached hydrogen (secondary N) is 1. The molecule has 0 aliphatic heterocycles. The molecule has 78 valence electrons. The van der Waals surface area contributed by atoms with Crippen LogP contribution in [0.15, 0.2) is 18.6 Å². The van der Waals surface area contributed by atoms with Crippen LogP contribution in [0.5, 0.6) is 0 Å². The summed E-state index contributed by atoms with van der Waals surface area (Å²) in [6.45, 7) is 7.59. The van der Waals surface area contributed by atoms with Gasteiger partial charge in [-0.3, -0.25) is 9.97 Å². The Morgan fingerprint density at radius 3 is 2.64 bits per heavy atom. The highest BCUT2D eigenvalue weighted by atomic mass is 14.9. The maximum atomic E-state index is 4.26. The van der Waals surface area contributed by atoms with Crippen LogP contribution in [-0.4, -0.2) is 22.6 Å². The summed E-state index contributed by atoms with van der Waals surface area (Å²) in [5.74, 6) is 0.606. The summed E-state index contributed by atoms with van der Waals surface area (Å²) in [5, 5.41) is 3.42. The van der Waals surface area contributed by atoms with Crippen molar-refractivity contribution in [3.63, 3.8) is 0 Å². The summed E-state index contributed by atoms with van der Waals surface area (Å²) < 4.78 is 0. The molecule has 1 atom stereocenters. The fourth-order valence-corrected chi connectivity index (χ4v) is 1.30. The molecule has 0 fully saturated rings. The van der Waals surface area contributed by atoms with E-state index in [-0.39, 0.29) is 0 Å². The lowest BCUT2D eigenvalue weighted by atomic mass is 10.1. The molecule has 0 bridgehead atoms. The summed E-state index contributed by atoms with van der Waals surface area (Å²) in [4.78, 5) is 8.31. The monoisotopic (exact) mass is 193 g/mol. The van der Waals surface area contributed by atoms with E-state index in [1.807, 2.05) is 6.20 Å². The van der Waals surface area contributed by atoms with E-state index >= 15 is 0 Å². The van der Waals surface area contributed by atoms with Crippen LogP contribution in [0.25, 0.3) is 0 Å². The molecule has 0 spiro atoms. The zero-order valence-electron chi connectivity index (χ0n) is 9.20. The van der Waals surface area contributed by atoms with Crippen LogP contribution in [0.3, 0.4) is 0 Å². The second-order valence-electron chi connectivity index (χ2n) is 4.07. The Morgan fingerprint density at radius 1 is 1.29 bits per heavy atom. The fraction of sp³-hybridized carbons (Fsp3) is 0.636. The van der Waals surface area contributed by atoms with E-state index in [1.54, 1.807) is 12.4 Å². The fourth-order valence-electron chi connectivity index (χ4n) is 1.30. The zero-order chi connectivity index (χ0) is 10.4. The molecule has 1 aromatic rings. The summed E-state index contributed by atoms with van der Waals surface area (Å²) in [5.41, 5.74) is 1.07. The lowest BCUT2D eigenvalue weighted by Crippen LogP contribution is -2.28. The topological polar surface area (TPSA) is 37.8 Å². The third-order valence-electron chi connectivity index (χ3n) is 2.05. The second-order valence-corrected chi connectivity index (χ2v) is 4.07. The molecule has 0 amide bonds. The highest BCUT2D eigenvalue weighted by Gasteiger charge is 2.04. The molecule has 3 nitrogen and oxygen atoms in total. The van der Waals surface area contributed by atoms with Crippen molar-refractivity contribution < 1.29 is 0 Å². The third-order valence-corrected chi connectivity index (χ3v) is 2.05. The van der Waals surface area contributed by atoms with E-state index in [0.29, 0.717) is 12.0 Å². The first-order chi connectivity index (χ1) is 6.68. The Bertz CT molecular complexity index is 246. The summed E-state index contributed by atoms with van der Waals surface area (Å²) in [6, 6.07) is 0.555. The highest BCUT2D eigenvalue weighted by Crippen LogP contribution is 2.03. The van der Waals surface area contributed by atoms with Gasteiger partial charge in [0.25, 0.3) is 0 Å². The molecule has 3 heteroatoms. The Kier molecular flexibility index (Phi) is 4.53. The molecule has 0 saturated carbocycles. The molecule has 1 heterocycles. The van der Waals surface area contributed by atoms with Crippen LogP contribution in [0, 0.1) is 5.92 Å². The van der Waals surface area contributed by atoms with Crippen LogP contribution in [-0.2, 0) is 6.42 Å². The van der Waals surface area contributed by atoms with Crippen molar-refractivity contribution in [2.24, 2.45) is 5.92 Å². The zero-order valence-corrected chi connectivity index (χ0v) is 9.20. The number of hydrogen-bond acceptors (Lipinski definition) is 3. The maximum Gasteiger partial charge on any atom is 0.0589 e. The van der Waals surface area contributed by atoms with Crippen molar-refractivity contribution >= 4 is 0 Å². The highest BCUT2D eigenvalue weighted by molar-refractivity contribution is 4.95. The summed E-state index contributed by atoms with van der Waals surface area (Å²) >= 11 is 0. The molecule has 1 unspecified atom stereocenters. The van der Waals surface area contributed by atoms with Crippen LogP contribution in [0.4, 0.5) is 0 Å². The molecule has 0 aromatic carbocycles. The maximum absolute atomic E-state index is 4.26. The number of rotatable bonds is 5. The molecule has 1 N–H and O–H groups in total. The number of aromatic nitrogens is 2. The standard InChI is InChI=1S/C11H19N3/c1-9(2)14-7-10(3)6-11-8-12-4-5-13-11/h4-5,8-10,14H,6-7H2,1-3H3. The Morgan fingerprint density at radius 2 is 2.07 bits per heavy atom. The van der Waals surface area contributed by atoms with Crippen molar-refractivity contribution in [1.29, 1.82) is 0 Å². The van der Waals surface area contributed by atoms with Crippen molar-refractivity contribution in [3.8, 4) is 0 Å². The van der Waals surface area contributed by atoms with Crippen LogP contribution >= 0.6 is 0 Å². The van der Waals surface area contributed by atoms with Crippen molar-refractivity contribution in [2.75, 3.05) is 6.54 Å². The van der Waals surface area contributed by atoms with E-state index in [1.165, 1.54) is 0 Å². The minimum Gasteiger partial charge on any atom is -0.314 e. The van der Waals surface area contributed by atoms with Gasteiger partial charge in [-0.2, -0.15) is 0 Å². The Hall–Kier alpha value is -0.960. The molecular weight excluding hydrogens is 174 g/mol. The number of hydrogen-bond donors (Lipinski definition) is 1. The molecule has 0 aliphatic rings. The minimum atomic E-state index is 0.555. The molecule has 1 aromatic heterocycles. The van der Waals surface area contributed by atoms with Gasteiger partial charge in [-0.15, -0.1) is 0 Å². The molecule has 0 radical (unpaired) electrons. The number of nitrogens with zero attached hydrogens (tertiary/aromatic N) is 2. The van der Waals surface area contributed by atoms with E-state index < -0.39 is 0 Å².